The van der Waals surface area contributed by atoms with Gasteiger partial charge in [-0.3, -0.25) is 9.59 Å². The number of halogens is 1. The van der Waals surface area contributed by atoms with Gasteiger partial charge in [0.25, 0.3) is 5.91 Å². The first-order valence-corrected chi connectivity index (χ1v) is 7.25. The molecule has 0 aliphatic carbocycles. The van der Waals surface area contributed by atoms with Crippen molar-refractivity contribution < 1.29 is 14.3 Å². The second-order valence-corrected chi connectivity index (χ2v) is 5.69. The summed E-state index contributed by atoms with van der Waals surface area (Å²) in [6.07, 6.45) is 0.874. The number of carbonyl (C=O) groups excluding carboxylic acids is 2. The van der Waals surface area contributed by atoms with Crippen LogP contribution in [-0.2, 0) is 9.53 Å². The Morgan fingerprint density at radius 3 is 2.86 bits per heavy atom. The molecule has 0 bridgehead atoms. The van der Waals surface area contributed by atoms with Gasteiger partial charge in [-0.1, -0.05) is 17.7 Å². The first kappa shape index (κ1) is 15.8. The van der Waals surface area contributed by atoms with E-state index < -0.39 is 0 Å². The number of nitrogens with two attached hydrogens (primary N) is 1. The van der Waals surface area contributed by atoms with Gasteiger partial charge in [0.05, 0.1) is 6.10 Å². The van der Waals surface area contributed by atoms with Crippen LogP contribution in [0.15, 0.2) is 24.3 Å². The number of rotatable bonds is 4. The van der Waals surface area contributed by atoms with Crippen LogP contribution in [0, 0.1) is 5.92 Å². The zero-order valence-corrected chi connectivity index (χ0v) is 12.7. The van der Waals surface area contributed by atoms with E-state index in [1.807, 2.05) is 0 Å². The van der Waals surface area contributed by atoms with Crippen molar-refractivity contribution in [2.45, 2.75) is 18.9 Å². The summed E-state index contributed by atoms with van der Waals surface area (Å²) < 4.78 is 5.39. The number of piperidine rings is 1. The molecule has 2 rings (SSSR count). The number of amides is 2. The van der Waals surface area contributed by atoms with Gasteiger partial charge in [0.2, 0.25) is 5.91 Å². The van der Waals surface area contributed by atoms with Crippen molar-refractivity contribution in [1.29, 1.82) is 0 Å². The lowest BCUT2D eigenvalue weighted by Gasteiger charge is -2.37. The molecule has 1 aliphatic heterocycles. The number of primary amides is 1. The first-order chi connectivity index (χ1) is 10.0. The van der Waals surface area contributed by atoms with Crippen LogP contribution < -0.4 is 5.73 Å². The maximum atomic E-state index is 12.5. The van der Waals surface area contributed by atoms with Crippen LogP contribution in [0.4, 0.5) is 0 Å². The number of hydrogen-bond donors (Lipinski definition) is 1. The van der Waals surface area contributed by atoms with Gasteiger partial charge in [-0.15, -0.1) is 0 Å². The normalized spacial score (nSPS) is 22.1. The highest BCUT2D eigenvalue weighted by atomic mass is 35.5. The van der Waals surface area contributed by atoms with E-state index in [2.05, 4.69) is 0 Å². The molecule has 1 aliphatic rings. The highest BCUT2D eigenvalue weighted by Crippen LogP contribution is 2.24. The fourth-order valence-electron chi connectivity index (χ4n) is 2.76. The number of methoxy groups -OCH3 is 1. The van der Waals surface area contributed by atoms with Gasteiger partial charge < -0.3 is 15.4 Å². The molecule has 1 fully saturated rings. The summed E-state index contributed by atoms with van der Waals surface area (Å²) in [5.41, 5.74) is 5.83. The molecule has 1 aromatic rings. The number of nitrogens with zero attached hydrogens (tertiary/aromatic N) is 1. The minimum atomic E-state index is -0.376. The standard InChI is InChI=1S/C15H19ClN2O3/c1-21-13-5-6-18(9-11(13)8-14(17)19)15(20)10-3-2-4-12(16)7-10/h2-4,7,11,13H,5-6,8-9H2,1H3,(H2,17,19)/t11-,13-/m1/s1. The molecule has 1 saturated heterocycles. The van der Waals surface area contributed by atoms with Crippen LogP contribution in [0.3, 0.4) is 0 Å². The van der Waals surface area contributed by atoms with Crippen LogP contribution in [0.1, 0.15) is 23.2 Å². The van der Waals surface area contributed by atoms with Crippen LogP contribution in [0.5, 0.6) is 0 Å². The Balaban J connectivity index is 2.10. The van der Waals surface area contributed by atoms with E-state index >= 15 is 0 Å². The lowest BCUT2D eigenvalue weighted by Crippen LogP contribution is -2.47. The Labute approximate surface area is 129 Å². The second kappa shape index (κ2) is 6.91. The lowest BCUT2D eigenvalue weighted by molar-refractivity contribution is -0.121. The van der Waals surface area contributed by atoms with E-state index in [1.165, 1.54) is 0 Å². The Hall–Kier alpha value is -1.59. The summed E-state index contributed by atoms with van der Waals surface area (Å²) in [4.78, 5) is 25.4. The van der Waals surface area contributed by atoms with Crippen LogP contribution in [-0.4, -0.2) is 43.0 Å². The zero-order chi connectivity index (χ0) is 15.4. The molecule has 2 amide bonds. The SMILES string of the molecule is CO[C@@H]1CCN(C(=O)c2cccc(Cl)c2)C[C@H]1CC(N)=O. The summed E-state index contributed by atoms with van der Waals surface area (Å²) in [6.45, 7) is 1.06. The van der Waals surface area contributed by atoms with Gasteiger partial charge in [-0.25, -0.2) is 0 Å². The molecular formula is C15H19ClN2O3. The fraction of sp³-hybridized carbons (Fsp3) is 0.467. The lowest BCUT2D eigenvalue weighted by atomic mass is 9.91. The van der Waals surface area contributed by atoms with E-state index in [9.17, 15) is 9.59 Å². The third-order valence-electron chi connectivity index (χ3n) is 3.79. The van der Waals surface area contributed by atoms with Crippen LogP contribution in [0.25, 0.3) is 0 Å². The minimum Gasteiger partial charge on any atom is -0.381 e. The fourth-order valence-corrected chi connectivity index (χ4v) is 2.95. The summed E-state index contributed by atoms with van der Waals surface area (Å²) >= 11 is 5.92. The summed E-state index contributed by atoms with van der Waals surface area (Å²) in [6, 6.07) is 6.86. The van der Waals surface area contributed by atoms with E-state index in [1.54, 1.807) is 36.3 Å². The Morgan fingerprint density at radius 2 is 2.24 bits per heavy atom. The smallest absolute Gasteiger partial charge is 0.253 e. The third kappa shape index (κ3) is 3.95. The molecule has 0 saturated carbocycles. The molecule has 2 atom stereocenters. The van der Waals surface area contributed by atoms with Crippen molar-refractivity contribution in [2.24, 2.45) is 11.7 Å². The third-order valence-corrected chi connectivity index (χ3v) is 4.02. The summed E-state index contributed by atoms with van der Waals surface area (Å²) in [7, 11) is 1.62. The molecular weight excluding hydrogens is 292 g/mol. The van der Waals surface area contributed by atoms with Crippen molar-refractivity contribution in [1.82, 2.24) is 4.90 Å². The summed E-state index contributed by atoms with van der Waals surface area (Å²) in [5.74, 6) is -0.523. The molecule has 114 valence electrons. The van der Waals surface area contributed by atoms with Gasteiger partial charge in [0, 0.05) is 43.1 Å². The minimum absolute atomic E-state index is 0.0408. The highest BCUT2D eigenvalue weighted by molar-refractivity contribution is 6.30. The molecule has 0 radical (unpaired) electrons. The largest absolute Gasteiger partial charge is 0.381 e. The van der Waals surface area contributed by atoms with Crippen LogP contribution >= 0.6 is 11.6 Å². The van der Waals surface area contributed by atoms with Gasteiger partial charge in [-0.05, 0) is 24.6 Å². The van der Waals surface area contributed by atoms with Crippen molar-refractivity contribution in [3.05, 3.63) is 34.9 Å². The molecule has 0 unspecified atom stereocenters. The molecule has 1 heterocycles. The van der Waals surface area contributed by atoms with E-state index in [-0.39, 0.29) is 30.3 Å². The average Bonchev–Trinajstić information content (AvgIpc) is 2.46. The number of likely N-dealkylation sites (tertiary alicyclic amines) is 1. The highest BCUT2D eigenvalue weighted by Gasteiger charge is 2.32. The Kier molecular flexibility index (Phi) is 5.20. The number of carbonyl (C=O) groups is 2. The Morgan fingerprint density at radius 1 is 1.48 bits per heavy atom. The van der Waals surface area contributed by atoms with Gasteiger partial charge in [-0.2, -0.15) is 0 Å². The van der Waals surface area contributed by atoms with Crippen molar-refractivity contribution >= 4 is 23.4 Å². The predicted molar refractivity (Wildman–Crippen MR) is 80.1 cm³/mol. The van der Waals surface area contributed by atoms with Crippen molar-refractivity contribution in [2.75, 3.05) is 20.2 Å². The zero-order valence-electron chi connectivity index (χ0n) is 11.9. The number of hydrogen-bond acceptors (Lipinski definition) is 3. The van der Waals surface area contributed by atoms with E-state index in [0.717, 1.165) is 0 Å². The predicted octanol–water partition coefficient (Wildman–Crippen LogP) is 1.69. The molecule has 1 aromatic carbocycles. The van der Waals surface area contributed by atoms with Gasteiger partial charge in [0.15, 0.2) is 0 Å². The Bertz CT molecular complexity index is 535. The van der Waals surface area contributed by atoms with E-state index in [0.29, 0.717) is 30.1 Å². The van der Waals surface area contributed by atoms with Gasteiger partial charge >= 0.3 is 0 Å². The molecule has 2 N–H and O–H groups in total. The maximum absolute atomic E-state index is 12.5. The number of ether oxygens (including phenoxy) is 1. The second-order valence-electron chi connectivity index (χ2n) is 5.25. The maximum Gasteiger partial charge on any atom is 0.253 e. The monoisotopic (exact) mass is 310 g/mol. The first-order valence-electron chi connectivity index (χ1n) is 6.87. The molecule has 5 nitrogen and oxygen atoms in total. The average molecular weight is 311 g/mol. The van der Waals surface area contributed by atoms with Crippen molar-refractivity contribution in [3.63, 3.8) is 0 Å². The summed E-state index contributed by atoms with van der Waals surface area (Å²) in [5, 5.41) is 0.529. The molecule has 21 heavy (non-hydrogen) atoms. The molecule has 0 aromatic heterocycles. The number of benzene rings is 1. The van der Waals surface area contributed by atoms with Gasteiger partial charge in [0.1, 0.15) is 0 Å². The van der Waals surface area contributed by atoms with E-state index in [4.69, 9.17) is 22.1 Å². The quantitative estimate of drug-likeness (QED) is 0.920. The van der Waals surface area contributed by atoms with Crippen molar-refractivity contribution in [3.8, 4) is 0 Å². The topological polar surface area (TPSA) is 72.6 Å². The molecule has 0 spiro atoms. The molecule has 6 heteroatoms. The van der Waals surface area contributed by atoms with Crippen LogP contribution in [0.2, 0.25) is 5.02 Å².